The third-order valence-electron chi connectivity index (χ3n) is 2.03. The van der Waals surface area contributed by atoms with Gasteiger partial charge in [0.15, 0.2) is 9.84 Å². The Balaban J connectivity index is 2.88. The van der Waals surface area contributed by atoms with E-state index < -0.39 is 26.6 Å². The number of rotatable bonds is 1. The topological polar surface area (TPSA) is 60.4 Å². The molecule has 0 radical (unpaired) electrons. The minimum Gasteiger partial charge on any atom is -0.446 e. The molecule has 0 bridgehead atoms. The van der Waals surface area contributed by atoms with Gasteiger partial charge in [0.2, 0.25) is 5.44 Å². The molecule has 0 aliphatic carbocycles. The van der Waals surface area contributed by atoms with Crippen molar-refractivity contribution < 1.29 is 17.9 Å². The summed E-state index contributed by atoms with van der Waals surface area (Å²) in [6.07, 6.45) is 0. The van der Waals surface area contributed by atoms with Crippen molar-refractivity contribution in [3.05, 3.63) is 0 Å². The van der Waals surface area contributed by atoms with Crippen LogP contribution in [-0.4, -0.2) is 31.0 Å². The lowest BCUT2D eigenvalue weighted by Gasteiger charge is -2.14. The summed E-state index contributed by atoms with van der Waals surface area (Å²) in [5.41, 5.74) is -1.06. The van der Waals surface area contributed by atoms with Crippen molar-refractivity contribution in [3.63, 3.8) is 0 Å². The number of esters is 1. The van der Waals surface area contributed by atoms with Crippen LogP contribution in [0, 0.1) is 5.92 Å². The summed E-state index contributed by atoms with van der Waals surface area (Å²) in [5, 5.41) is -0.464. The van der Waals surface area contributed by atoms with E-state index in [-0.39, 0.29) is 11.7 Å². The zero-order valence-electron chi connectivity index (χ0n) is 7.36. The second-order valence-corrected chi connectivity index (χ2v) is 5.87. The fourth-order valence-electron chi connectivity index (χ4n) is 1.31. The summed E-state index contributed by atoms with van der Waals surface area (Å²) >= 11 is 5.75. The highest BCUT2D eigenvalue weighted by molar-refractivity contribution is 7.92. The van der Waals surface area contributed by atoms with Gasteiger partial charge in [-0.25, -0.2) is 8.42 Å². The lowest BCUT2D eigenvalue weighted by molar-refractivity contribution is -0.144. The van der Waals surface area contributed by atoms with E-state index in [9.17, 15) is 13.2 Å². The predicted molar refractivity (Wildman–Crippen MR) is 48.1 cm³/mol. The molecule has 0 unspecified atom stereocenters. The van der Waals surface area contributed by atoms with Gasteiger partial charge in [0, 0.05) is 12.8 Å². The number of carbonyl (C=O) groups is 1. The fraction of sp³-hybridized carbons (Fsp3) is 0.857. The van der Waals surface area contributed by atoms with Crippen LogP contribution in [0.2, 0.25) is 0 Å². The number of hydrogen-bond acceptors (Lipinski definition) is 4. The van der Waals surface area contributed by atoms with Crippen LogP contribution in [0.3, 0.4) is 0 Å². The van der Waals surface area contributed by atoms with E-state index in [2.05, 4.69) is 0 Å². The molecule has 1 saturated heterocycles. The molecule has 1 fully saturated rings. The molecule has 1 heterocycles. The minimum absolute atomic E-state index is 0.117. The van der Waals surface area contributed by atoms with Crippen molar-refractivity contribution in [2.24, 2.45) is 5.92 Å². The molecule has 6 heteroatoms. The third kappa shape index (κ3) is 2.14. The van der Waals surface area contributed by atoms with Gasteiger partial charge in [-0.05, 0) is 0 Å². The van der Waals surface area contributed by atoms with E-state index in [1.54, 1.807) is 6.92 Å². The van der Waals surface area contributed by atoms with Crippen molar-refractivity contribution in [1.29, 1.82) is 0 Å². The van der Waals surface area contributed by atoms with Crippen LogP contribution in [0.15, 0.2) is 0 Å². The van der Waals surface area contributed by atoms with E-state index in [0.29, 0.717) is 0 Å². The van der Waals surface area contributed by atoms with E-state index in [0.717, 1.165) is 0 Å². The zero-order valence-corrected chi connectivity index (χ0v) is 8.93. The van der Waals surface area contributed by atoms with Gasteiger partial charge in [-0.15, -0.1) is 11.6 Å². The van der Waals surface area contributed by atoms with Gasteiger partial charge in [-0.3, -0.25) is 4.79 Å². The molecular formula is C7H11ClO4S. The average Bonchev–Trinajstić information content (AvgIpc) is 2.12. The Hall–Kier alpha value is -0.290. The lowest BCUT2D eigenvalue weighted by atomic mass is 10.1. The molecule has 0 aromatic carbocycles. The molecule has 0 spiro atoms. The fourth-order valence-corrected chi connectivity index (χ4v) is 4.12. The van der Waals surface area contributed by atoms with Crippen LogP contribution in [0.25, 0.3) is 0 Å². The van der Waals surface area contributed by atoms with Gasteiger partial charge in [0.25, 0.3) is 0 Å². The van der Waals surface area contributed by atoms with Gasteiger partial charge >= 0.3 is 5.97 Å². The summed E-state index contributed by atoms with van der Waals surface area (Å²) in [5.74, 6) is -1.05. The molecule has 0 amide bonds. The predicted octanol–water partition coefficient (Wildman–Crippen LogP) is 0.548. The van der Waals surface area contributed by atoms with Gasteiger partial charge in [0.1, 0.15) is 0 Å². The Morgan fingerprint density at radius 2 is 2.08 bits per heavy atom. The van der Waals surface area contributed by atoms with E-state index in [1.165, 1.54) is 6.92 Å². The van der Waals surface area contributed by atoms with E-state index in [1.807, 2.05) is 0 Å². The van der Waals surface area contributed by atoms with Crippen molar-refractivity contribution in [2.75, 3.05) is 5.75 Å². The average molecular weight is 227 g/mol. The van der Waals surface area contributed by atoms with Crippen LogP contribution < -0.4 is 0 Å². The quantitative estimate of drug-likeness (QED) is 0.484. The summed E-state index contributed by atoms with van der Waals surface area (Å²) in [7, 11) is -3.36. The molecule has 0 aromatic heterocycles. The second kappa shape index (κ2) is 3.46. The maximum atomic E-state index is 11.4. The Kier molecular flexibility index (Phi) is 2.87. The Morgan fingerprint density at radius 1 is 1.54 bits per heavy atom. The van der Waals surface area contributed by atoms with Crippen molar-refractivity contribution in [1.82, 2.24) is 0 Å². The Bertz CT molecular complexity index is 310. The van der Waals surface area contributed by atoms with E-state index in [4.69, 9.17) is 16.3 Å². The number of carbonyl (C=O) groups excluding carboxylic acids is 1. The van der Waals surface area contributed by atoms with Gasteiger partial charge in [-0.1, -0.05) is 6.92 Å². The standard InChI is InChI=1S/C7H11ClO4S/c1-4-6(8)3-13(10,11)7(4)12-5(2)9/h4,6-7H,3H2,1-2H3/t4-,6+,7+/m0/s1. The van der Waals surface area contributed by atoms with Crippen LogP contribution in [0.1, 0.15) is 13.8 Å². The van der Waals surface area contributed by atoms with Gasteiger partial charge in [-0.2, -0.15) is 0 Å². The van der Waals surface area contributed by atoms with Crippen LogP contribution in [0.5, 0.6) is 0 Å². The first-order chi connectivity index (χ1) is 5.84. The molecular weight excluding hydrogens is 216 g/mol. The molecule has 0 saturated carbocycles. The number of alkyl halides is 1. The first kappa shape index (κ1) is 10.8. The van der Waals surface area contributed by atoms with Gasteiger partial charge < -0.3 is 4.74 Å². The maximum absolute atomic E-state index is 11.4. The molecule has 13 heavy (non-hydrogen) atoms. The highest BCUT2D eigenvalue weighted by atomic mass is 35.5. The van der Waals surface area contributed by atoms with Crippen LogP contribution >= 0.6 is 11.6 Å². The smallest absolute Gasteiger partial charge is 0.303 e. The first-order valence-corrected chi connectivity index (χ1v) is 6.02. The van der Waals surface area contributed by atoms with Crippen LogP contribution in [0.4, 0.5) is 0 Å². The van der Waals surface area contributed by atoms with Gasteiger partial charge in [0.05, 0.1) is 11.1 Å². The summed E-state index contributed by atoms with van der Waals surface area (Å²) < 4.78 is 27.4. The third-order valence-corrected chi connectivity index (χ3v) is 4.82. The summed E-state index contributed by atoms with van der Waals surface area (Å²) in [6.45, 7) is 2.85. The number of ether oxygens (including phenoxy) is 1. The highest BCUT2D eigenvalue weighted by Gasteiger charge is 2.46. The molecule has 0 aromatic rings. The number of halogens is 1. The van der Waals surface area contributed by atoms with Crippen molar-refractivity contribution >= 4 is 27.4 Å². The zero-order chi connectivity index (χ0) is 10.2. The highest BCUT2D eigenvalue weighted by Crippen LogP contribution is 2.31. The molecule has 1 rings (SSSR count). The van der Waals surface area contributed by atoms with E-state index >= 15 is 0 Å². The van der Waals surface area contributed by atoms with Crippen LogP contribution in [-0.2, 0) is 19.4 Å². The number of hydrogen-bond donors (Lipinski definition) is 0. The lowest BCUT2D eigenvalue weighted by Crippen LogP contribution is -2.27. The van der Waals surface area contributed by atoms with Crippen molar-refractivity contribution in [3.8, 4) is 0 Å². The second-order valence-electron chi connectivity index (χ2n) is 3.18. The largest absolute Gasteiger partial charge is 0.446 e. The number of sulfone groups is 1. The molecule has 1 aliphatic rings. The monoisotopic (exact) mass is 226 g/mol. The molecule has 3 atom stereocenters. The summed E-state index contributed by atoms with van der Waals surface area (Å²) in [6, 6.07) is 0. The summed E-state index contributed by atoms with van der Waals surface area (Å²) in [4.78, 5) is 10.6. The van der Waals surface area contributed by atoms with Crippen molar-refractivity contribution in [2.45, 2.75) is 24.7 Å². The maximum Gasteiger partial charge on any atom is 0.303 e. The Labute approximate surface area is 82.1 Å². The molecule has 4 nitrogen and oxygen atoms in total. The Morgan fingerprint density at radius 3 is 2.38 bits per heavy atom. The normalized spacial score (nSPS) is 37.3. The molecule has 0 N–H and O–H groups in total. The molecule has 1 aliphatic heterocycles. The molecule has 76 valence electrons. The minimum atomic E-state index is -3.36. The first-order valence-electron chi connectivity index (χ1n) is 3.87. The SMILES string of the molecule is CC(=O)O[C@H]1[C@@H](C)[C@H](Cl)CS1(=O)=O.